The molecule has 0 aliphatic carbocycles. The Morgan fingerprint density at radius 2 is 1.66 bits per heavy atom. The van der Waals surface area contributed by atoms with E-state index in [2.05, 4.69) is 33.3 Å². The number of benzene rings is 2. The number of rotatable bonds is 6. The zero-order valence-electron chi connectivity index (χ0n) is 18.4. The summed E-state index contributed by atoms with van der Waals surface area (Å²) in [5.41, 5.74) is 4.01. The second kappa shape index (κ2) is 9.67. The lowest BCUT2D eigenvalue weighted by Gasteiger charge is -2.27. The van der Waals surface area contributed by atoms with Crippen molar-refractivity contribution in [2.75, 3.05) is 44.3 Å². The monoisotopic (exact) mass is 430 g/mol. The van der Waals surface area contributed by atoms with Crippen molar-refractivity contribution in [1.29, 1.82) is 0 Å². The molecule has 2 saturated heterocycles. The second-order valence-corrected chi connectivity index (χ2v) is 8.59. The highest BCUT2D eigenvalue weighted by Gasteiger charge is 2.22. The van der Waals surface area contributed by atoms with Gasteiger partial charge < -0.3 is 15.0 Å². The van der Waals surface area contributed by atoms with Gasteiger partial charge in [0.1, 0.15) is 5.82 Å². The van der Waals surface area contributed by atoms with E-state index < -0.39 is 0 Å². The van der Waals surface area contributed by atoms with Crippen LogP contribution in [0.25, 0.3) is 10.9 Å². The van der Waals surface area contributed by atoms with E-state index in [1.807, 2.05) is 36.4 Å². The van der Waals surface area contributed by atoms with Crippen molar-refractivity contribution in [3.63, 3.8) is 0 Å². The summed E-state index contributed by atoms with van der Waals surface area (Å²) in [5.74, 6) is 0.742. The SMILES string of the molecule is O=C(NCc1ccccc1CN1CCOCC1)c1cc2ccccc2nc1N1CCCC1. The quantitative estimate of drug-likeness (QED) is 0.648. The predicted octanol–water partition coefficient (Wildman–Crippen LogP) is 3.60. The number of ether oxygens (including phenoxy) is 1. The van der Waals surface area contributed by atoms with Crippen LogP contribution in [-0.4, -0.2) is 55.2 Å². The van der Waals surface area contributed by atoms with Crippen LogP contribution in [0.15, 0.2) is 54.6 Å². The number of para-hydroxylation sites is 1. The van der Waals surface area contributed by atoms with E-state index in [9.17, 15) is 4.79 Å². The first kappa shape index (κ1) is 20.9. The van der Waals surface area contributed by atoms with Crippen molar-refractivity contribution in [2.45, 2.75) is 25.9 Å². The lowest BCUT2D eigenvalue weighted by molar-refractivity contribution is 0.0340. The fourth-order valence-electron chi connectivity index (χ4n) is 4.60. The van der Waals surface area contributed by atoms with Gasteiger partial charge in [-0.1, -0.05) is 42.5 Å². The zero-order chi connectivity index (χ0) is 21.8. The van der Waals surface area contributed by atoms with Crippen LogP contribution in [0.3, 0.4) is 0 Å². The first-order chi connectivity index (χ1) is 15.8. The summed E-state index contributed by atoms with van der Waals surface area (Å²) in [6.07, 6.45) is 2.29. The Morgan fingerprint density at radius 3 is 2.47 bits per heavy atom. The van der Waals surface area contributed by atoms with Gasteiger partial charge in [-0.15, -0.1) is 0 Å². The lowest BCUT2D eigenvalue weighted by atomic mass is 10.1. The number of anilines is 1. The molecule has 6 nitrogen and oxygen atoms in total. The third kappa shape index (κ3) is 4.61. The number of nitrogens with one attached hydrogen (secondary N) is 1. The van der Waals surface area contributed by atoms with Gasteiger partial charge in [0.2, 0.25) is 0 Å². The van der Waals surface area contributed by atoms with Crippen LogP contribution in [0.1, 0.15) is 34.3 Å². The Kier molecular flexibility index (Phi) is 6.32. The van der Waals surface area contributed by atoms with Gasteiger partial charge in [-0.05, 0) is 36.1 Å². The van der Waals surface area contributed by atoms with Gasteiger partial charge in [-0.2, -0.15) is 0 Å². The van der Waals surface area contributed by atoms with Crippen molar-refractivity contribution in [1.82, 2.24) is 15.2 Å². The molecule has 1 aromatic heterocycles. The van der Waals surface area contributed by atoms with Crippen LogP contribution in [0.4, 0.5) is 5.82 Å². The molecule has 0 atom stereocenters. The minimum Gasteiger partial charge on any atom is -0.379 e. The molecule has 5 rings (SSSR count). The predicted molar refractivity (Wildman–Crippen MR) is 127 cm³/mol. The molecule has 2 aromatic carbocycles. The number of hydrogen-bond acceptors (Lipinski definition) is 5. The molecule has 32 heavy (non-hydrogen) atoms. The van der Waals surface area contributed by atoms with Gasteiger partial charge in [0.15, 0.2) is 0 Å². The maximum Gasteiger partial charge on any atom is 0.255 e. The molecule has 2 aliphatic rings. The summed E-state index contributed by atoms with van der Waals surface area (Å²) in [5, 5.41) is 4.17. The molecule has 3 aromatic rings. The molecule has 0 radical (unpaired) electrons. The van der Waals surface area contributed by atoms with Gasteiger partial charge in [0.25, 0.3) is 5.91 Å². The number of amides is 1. The average Bonchev–Trinajstić information content (AvgIpc) is 3.38. The van der Waals surface area contributed by atoms with Crippen LogP contribution in [-0.2, 0) is 17.8 Å². The first-order valence-corrected chi connectivity index (χ1v) is 11.6. The highest BCUT2D eigenvalue weighted by atomic mass is 16.5. The third-order valence-electron chi connectivity index (χ3n) is 6.41. The number of aromatic nitrogens is 1. The molecule has 2 fully saturated rings. The number of pyridine rings is 1. The Morgan fingerprint density at radius 1 is 0.938 bits per heavy atom. The van der Waals surface area contributed by atoms with Crippen LogP contribution in [0.2, 0.25) is 0 Å². The topological polar surface area (TPSA) is 57.7 Å². The second-order valence-electron chi connectivity index (χ2n) is 8.59. The molecule has 0 unspecified atom stereocenters. The molecule has 0 bridgehead atoms. The summed E-state index contributed by atoms with van der Waals surface area (Å²) in [7, 11) is 0. The van der Waals surface area contributed by atoms with Crippen molar-refractivity contribution in [2.24, 2.45) is 0 Å². The zero-order valence-corrected chi connectivity index (χ0v) is 18.4. The summed E-state index contributed by atoms with van der Waals surface area (Å²) < 4.78 is 5.47. The molecule has 166 valence electrons. The molecule has 6 heteroatoms. The number of carbonyl (C=O) groups excluding carboxylic acids is 1. The molecular weight excluding hydrogens is 400 g/mol. The van der Waals surface area contributed by atoms with E-state index in [-0.39, 0.29) is 5.91 Å². The third-order valence-corrected chi connectivity index (χ3v) is 6.41. The molecule has 3 heterocycles. The van der Waals surface area contributed by atoms with Gasteiger partial charge in [-0.25, -0.2) is 4.98 Å². The number of hydrogen-bond donors (Lipinski definition) is 1. The van der Waals surface area contributed by atoms with Crippen LogP contribution in [0.5, 0.6) is 0 Å². The molecule has 0 saturated carbocycles. The number of nitrogens with zero attached hydrogens (tertiary/aromatic N) is 3. The Bertz CT molecular complexity index is 1090. The van der Waals surface area contributed by atoms with Crippen molar-refractivity contribution in [3.05, 3.63) is 71.3 Å². The smallest absolute Gasteiger partial charge is 0.255 e. The van der Waals surface area contributed by atoms with E-state index >= 15 is 0 Å². The fourth-order valence-corrected chi connectivity index (χ4v) is 4.60. The van der Waals surface area contributed by atoms with Crippen molar-refractivity contribution >= 4 is 22.6 Å². The lowest BCUT2D eigenvalue weighted by Crippen LogP contribution is -2.36. The standard InChI is InChI=1S/C26H30N4O2/c31-26(27-18-21-8-1-2-9-22(21)19-29-13-15-32-16-14-29)23-17-20-7-3-4-10-24(20)28-25(23)30-11-5-6-12-30/h1-4,7-10,17H,5-6,11-16,18-19H2,(H,27,31). The molecule has 1 N–H and O–H groups in total. The van der Waals surface area contributed by atoms with E-state index in [0.717, 1.165) is 81.1 Å². The molecular formula is C26H30N4O2. The van der Waals surface area contributed by atoms with E-state index in [1.54, 1.807) is 0 Å². The van der Waals surface area contributed by atoms with Crippen molar-refractivity contribution < 1.29 is 9.53 Å². The Labute approximate surface area is 189 Å². The van der Waals surface area contributed by atoms with Crippen molar-refractivity contribution in [3.8, 4) is 0 Å². The van der Waals surface area contributed by atoms with Gasteiger partial charge in [0.05, 0.1) is 24.3 Å². The Balaban J connectivity index is 1.36. The first-order valence-electron chi connectivity index (χ1n) is 11.6. The summed E-state index contributed by atoms with van der Waals surface area (Å²) in [6.45, 7) is 6.76. The van der Waals surface area contributed by atoms with E-state index in [1.165, 1.54) is 5.56 Å². The number of carbonyl (C=O) groups is 1. The van der Waals surface area contributed by atoms with Crippen LogP contribution < -0.4 is 10.2 Å². The maximum atomic E-state index is 13.3. The Hall–Kier alpha value is -2.96. The molecule has 2 aliphatic heterocycles. The van der Waals surface area contributed by atoms with Gasteiger partial charge >= 0.3 is 0 Å². The normalized spacial score (nSPS) is 17.1. The average molecular weight is 431 g/mol. The summed E-state index contributed by atoms with van der Waals surface area (Å²) in [6, 6.07) is 18.4. The summed E-state index contributed by atoms with van der Waals surface area (Å²) in [4.78, 5) is 22.9. The van der Waals surface area contributed by atoms with E-state index in [0.29, 0.717) is 12.1 Å². The summed E-state index contributed by atoms with van der Waals surface area (Å²) >= 11 is 0. The largest absolute Gasteiger partial charge is 0.379 e. The van der Waals surface area contributed by atoms with Crippen LogP contribution in [0, 0.1) is 0 Å². The van der Waals surface area contributed by atoms with Gasteiger partial charge in [0, 0.05) is 44.7 Å². The molecule has 1 amide bonds. The minimum absolute atomic E-state index is 0.0636. The number of fused-ring (bicyclic) bond motifs is 1. The number of morpholine rings is 1. The van der Waals surface area contributed by atoms with Gasteiger partial charge in [-0.3, -0.25) is 9.69 Å². The van der Waals surface area contributed by atoms with E-state index in [4.69, 9.17) is 9.72 Å². The van der Waals surface area contributed by atoms with Crippen LogP contribution >= 0.6 is 0 Å². The highest BCUT2D eigenvalue weighted by Crippen LogP contribution is 2.26. The highest BCUT2D eigenvalue weighted by molar-refractivity contribution is 6.02. The fraction of sp³-hybridized carbons (Fsp3) is 0.385. The maximum absolute atomic E-state index is 13.3. The minimum atomic E-state index is -0.0636. The molecule has 0 spiro atoms.